The second kappa shape index (κ2) is 7.61. The number of rotatable bonds is 6. The van der Waals surface area contributed by atoms with E-state index in [0.717, 1.165) is 19.3 Å². The highest BCUT2D eigenvalue weighted by Crippen LogP contribution is 2.56. The predicted molar refractivity (Wildman–Crippen MR) is 105 cm³/mol. The third kappa shape index (κ3) is 3.66. The molecule has 1 saturated heterocycles. The number of imide groups is 1. The number of likely N-dealkylation sites (tertiary alicyclic amines) is 1. The van der Waals surface area contributed by atoms with Gasteiger partial charge in [0.05, 0.1) is 23.5 Å². The van der Waals surface area contributed by atoms with Gasteiger partial charge in [-0.3, -0.25) is 19.3 Å². The lowest BCUT2D eigenvalue weighted by Crippen LogP contribution is -2.35. The van der Waals surface area contributed by atoms with Crippen LogP contribution in [-0.2, 0) is 19.1 Å². The Kier molecular flexibility index (Phi) is 5.15. The van der Waals surface area contributed by atoms with Gasteiger partial charge in [0.2, 0.25) is 17.7 Å². The van der Waals surface area contributed by atoms with Gasteiger partial charge in [-0.1, -0.05) is 0 Å². The van der Waals surface area contributed by atoms with Crippen LogP contribution in [0.5, 0.6) is 0 Å². The van der Waals surface area contributed by atoms with Crippen LogP contribution in [0.25, 0.3) is 0 Å². The average Bonchev–Trinajstić information content (AvgIpc) is 3.35. The zero-order valence-electron chi connectivity index (χ0n) is 16.7. The normalized spacial score (nSPS) is 27.5. The molecule has 0 aromatic heterocycles. The maximum atomic E-state index is 12.7. The minimum Gasteiger partial charge on any atom is -0.459 e. The van der Waals surface area contributed by atoms with Crippen molar-refractivity contribution in [1.82, 2.24) is 4.90 Å². The molecular formula is C22H26N2O5. The Morgan fingerprint density at radius 3 is 2.21 bits per heavy atom. The van der Waals surface area contributed by atoms with Crippen LogP contribution in [0.2, 0.25) is 0 Å². The molecule has 2 saturated carbocycles. The van der Waals surface area contributed by atoms with Crippen molar-refractivity contribution >= 4 is 29.4 Å². The van der Waals surface area contributed by atoms with E-state index < -0.39 is 5.97 Å². The fourth-order valence-electron chi connectivity index (χ4n) is 5.10. The highest BCUT2D eigenvalue weighted by molar-refractivity contribution is 6.06. The van der Waals surface area contributed by atoms with Gasteiger partial charge in [-0.05, 0) is 69.2 Å². The van der Waals surface area contributed by atoms with E-state index >= 15 is 0 Å². The molecule has 0 unspecified atom stereocenters. The van der Waals surface area contributed by atoms with Gasteiger partial charge >= 0.3 is 5.97 Å². The Balaban J connectivity index is 1.30. The summed E-state index contributed by atoms with van der Waals surface area (Å²) in [5, 5.41) is 2.74. The summed E-state index contributed by atoms with van der Waals surface area (Å²) in [5.41, 5.74) is 0.955. The first-order chi connectivity index (χ1) is 13.8. The Morgan fingerprint density at radius 1 is 1.07 bits per heavy atom. The summed E-state index contributed by atoms with van der Waals surface area (Å²) in [4.78, 5) is 50.8. The maximum Gasteiger partial charge on any atom is 0.338 e. The molecule has 1 heterocycles. The third-order valence-electron chi connectivity index (χ3n) is 6.33. The second-order valence-electron chi connectivity index (χ2n) is 8.54. The molecule has 7 heteroatoms. The van der Waals surface area contributed by atoms with Crippen molar-refractivity contribution in [2.75, 3.05) is 11.9 Å². The molecule has 1 aliphatic heterocycles. The summed E-state index contributed by atoms with van der Waals surface area (Å²) in [6.07, 6.45) is 2.94. The number of hydrogen-bond acceptors (Lipinski definition) is 5. The first-order valence-corrected chi connectivity index (χ1v) is 10.3. The van der Waals surface area contributed by atoms with Gasteiger partial charge in [0, 0.05) is 18.7 Å². The lowest BCUT2D eigenvalue weighted by atomic mass is 9.81. The van der Waals surface area contributed by atoms with E-state index in [9.17, 15) is 19.2 Å². The quantitative estimate of drug-likeness (QED) is 0.587. The van der Waals surface area contributed by atoms with Crippen molar-refractivity contribution in [3.63, 3.8) is 0 Å². The smallest absolute Gasteiger partial charge is 0.338 e. The molecule has 1 N–H and O–H groups in total. The van der Waals surface area contributed by atoms with E-state index in [1.54, 1.807) is 38.1 Å². The van der Waals surface area contributed by atoms with Crippen LogP contribution in [0.4, 0.5) is 5.69 Å². The van der Waals surface area contributed by atoms with E-state index in [1.807, 2.05) is 0 Å². The van der Waals surface area contributed by atoms with Gasteiger partial charge in [0.1, 0.15) is 0 Å². The van der Waals surface area contributed by atoms with Gasteiger partial charge in [0.15, 0.2) is 0 Å². The number of amides is 3. The van der Waals surface area contributed by atoms with Gasteiger partial charge < -0.3 is 10.1 Å². The molecule has 154 valence electrons. The predicted octanol–water partition coefficient (Wildman–Crippen LogP) is 2.61. The summed E-state index contributed by atoms with van der Waals surface area (Å²) in [6.45, 7) is 3.68. The molecule has 7 nitrogen and oxygen atoms in total. The number of anilines is 1. The number of fused-ring (bicyclic) bond motifs is 5. The topological polar surface area (TPSA) is 92.8 Å². The van der Waals surface area contributed by atoms with E-state index in [4.69, 9.17) is 4.74 Å². The second-order valence-corrected chi connectivity index (χ2v) is 8.54. The van der Waals surface area contributed by atoms with Crippen molar-refractivity contribution in [2.24, 2.45) is 23.7 Å². The molecule has 3 fully saturated rings. The number of benzene rings is 1. The van der Waals surface area contributed by atoms with Gasteiger partial charge in [-0.25, -0.2) is 4.79 Å². The first-order valence-electron chi connectivity index (χ1n) is 10.3. The lowest BCUT2D eigenvalue weighted by molar-refractivity contribution is -0.140. The fourth-order valence-corrected chi connectivity index (χ4v) is 5.10. The molecule has 3 amide bonds. The summed E-state index contributed by atoms with van der Waals surface area (Å²) in [7, 11) is 0. The zero-order valence-corrected chi connectivity index (χ0v) is 16.7. The Hall–Kier alpha value is -2.70. The number of carbonyl (C=O) groups is 4. The van der Waals surface area contributed by atoms with Crippen LogP contribution in [0.3, 0.4) is 0 Å². The highest BCUT2D eigenvalue weighted by Gasteiger charge is 2.60. The Morgan fingerprint density at radius 2 is 1.66 bits per heavy atom. The third-order valence-corrected chi connectivity index (χ3v) is 6.33. The molecule has 0 radical (unpaired) electrons. The number of esters is 1. The number of nitrogens with one attached hydrogen (secondary N) is 1. The van der Waals surface area contributed by atoms with Crippen molar-refractivity contribution < 1.29 is 23.9 Å². The van der Waals surface area contributed by atoms with Gasteiger partial charge in [0.25, 0.3) is 0 Å². The standard InChI is InChI=1S/C22H26N2O5/c1-12(2)29-22(28)13-5-7-16(8-6-13)23-17(25)9-10-24-20(26)18-14-3-4-15(11-14)19(18)21(24)27/h5-8,12,14-15,18-19H,3-4,9-11H2,1-2H3,(H,23,25)/t14-,15-,18-,19+/m0/s1. The molecule has 3 aliphatic rings. The van der Waals surface area contributed by atoms with E-state index in [-0.39, 0.29) is 48.6 Å². The van der Waals surface area contributed by atoms with Crippen LogP contribution in [0.1, 0.15) is 49.9 Å². The lowest BCUT2D eigenvalue weighted by Gasteiger charge is -2.19. The molecule has 4 atom stereocenters. The zero-order chi connectivity index (χ0) is 20.7. The monoisotopic (exact) mass is 398 g/mol. The summed E-state index contributed by atoms with van der Waals surface area (Å²) in [6, 6.07) is 6.43. The van der Waals surface area contributed by atoms with Crippen LogP contribution >= 0.6 is 0 Å². The molecule has 29 heavy (non-hydrogen) atoms. The number of hydrogen-bond donors (Lipinski definition) is 1. The van der Waals surface area contributed by atoms with E-state index in [0.29, 0.717) is 23.1 Å². The van der Waals surface area contributed by atoms with E-state index in [1.165, 1.54) is 4.90 Å². The molecule has 0 spiro atoms. The number of carbonyl (C=O) groups excluding carboxylic acids is 4. The summed E-state index contributed by atoms with van der Waals surface area (Å²) in [5.74, 6) is -0.472. The van der Waals surface area contributed by atoms with E-state index in [2.05, 4.69) is 5.32 Å². The maximum absolute atomic E-state index is 12.7. The summed E-state index contributed by atoms with van der Waals surface area (Å²) >= 11 is 0. The Labute approximate surface area is 169 Å². The average molecular weight is 398 g/mol. The minimum absolute atomic E-state index is 0.0589. The van der Waals surface area contributed by atoms with Gasteiger partial charge in [-0.15, -0.1) is 0 Å². The van der Waals surface area contributed by atoms with Crippen LogP contribution in [0, 0.1) is 23.7 Å². The molecule has 2 bridgehead atoms. The molecule has 2 aliphatic carbocycles. The first kappa shape index (κ1) is 19.6. The molecule has 1 aromatic carbocycles. The summed E-state index contributed by atoms with van der Waals surface area (Å²) < 4.78 is 5.13. The number of nitrogens with zero attached hydrogens (tertiary/aromatic N) is 1. The largest absolute Gasteiger partial charge is 0.459 e. The molecule has 4 rings (SSSR count). The highest BCUT2D eigenvalue weighted by atomic mass is 16.5. The van der Waals surface area contributed by atoms with Crippen molar-refractivity contribution in [1.29, 1.82) is 0 Å². The van der Waals surface area contributed by atoms with Crippen LogP contribution in [-0.4, -0.2) is 41.2 Å². The molecule has 1 aromatic rings. The fraction of sp³-hybridized carbons (Fsp3) is 0.545. The Bertz CT molecular complexity index is 819. The minimum atomic E-state index is -0.413. The van der Waals surface area contributed by atoms with Crippen molar-refractivity contribution in [3.05, 3.63) is 29.8 Å². The van der Waals surface area contributed by atoms with Crippen LogP contribution < -0.4 is 5.32 Å². The molecular weight excluding hydrogens is 372 g/mol. The van der Waals surface area contributed by atoms with Crippen molar-refractivity contribution in [2.45, 2.75) is 45.6 Å². The van der Waals surface area contributed by atoms with Crippen LogP contribution in [0.15, 0.2) is 24.3 Å². The number of ether oxygens (including phenoxy) is 1. The van der Waals surface area contributed by atoms with Crippen molar-refractivity contribution in [3.8, 4) is 0 Å². The van der Waals surface area contributed by atoms with Gasteiger partial charge in [-0.2, -0.15) is 0 Å². The SMILES string of the molecule is CC(C)OC(=O)c1ccc(NC(=O)CCN2C(=O)[C@@H]3[C@H]4CC[C@@H](C4)[C@@H]3C2=O)cc1.